The van der Waals surface area contributed by atoms with Crippen molar-refractivity contribution < 1.29 is 23.7 Å². The van der Waals surface area contributed by atoms with Crippen LogP contribution >= 0.6 is 0 Å². The number of benzene rings is 1. The quantitative estimate of drug-likeness (QED) is 0.448. The monoisotopic (exact) mass is 442 g/mol. The van der Waals surface area contributed by atoms with E-state index in [0.717, 1.165) is 6.20 Å². The molecule has 0 fully saturated rings. The number of hydrogen-bond acceptors (Lipinski definition) is 10. The molecule has 168 valence electrons. The van der Waals surface area contributed by atoms with Gasteiger partial charge in [0.2, 0.25) is 11.7 Å². The molecule has 0 aliphatic carbocycles. The summed E-state index contributed by atoms with van der Waals surface area (Å²) in [7, 11) is 2.87. The molecule has 0 saturated heterocycles. The first-order chi connectivity index (χ1) is 15.3. The normalized spacial score (nSPS) is 13.9. The van der Waals surface area contributed by atoms with Gasteiger partial charge in [0.15, 0.2) is 34.7 Å². The molecule has 0 radical (unpaired) electrons. The van der Waals surface area contributed by atoms with Crippen molar-refractivity contribution in [3.8, 4) is 23.0 Å². The zero-order valence-electron chi connectivity index (χ0n) is 18.0. The van der Waals surface area contributed by atoms with Gasteiger partial charge in [-0.1, -0.05) is 0 Å². The SMILES string of the molecule is COc1cc(Nc2ncc(F)c(Nc3ccc4c(n3)NCC(C)(C)O4)n2)cc(O)c1OC. The van der Waals surface area contributed by atoms with E-state index in [-0.39, 0.29) is 28.9 Å². The second-order valence-electron chi connectivity index (χ2n) is 7.63. The number of nitrogens with zero attached hydrogens (tertiary/aromatic N) is 3. The van der Waals surface area contributed by atoms with Gasteiger partial charge in [-0.05, 0) is 26.0 Å². The molecule has 0 saturated carbocycles. The first-order valence-corrected chi connectivity index (χ1v) is 9.73. The fourth-order valence-corrected chi connectivity index (χ4v) is 3.14. The van der Waals surface area contributed by atoms with Crippen LogP contribution in [-0.4, -0.2) is 46.4 Å². The summed E-state index contributed by atoms with van der Waals surface area (Å²) in [5.41, 5.74) is 0.0789. The molecule has 0 spiro atoms. The van der Waals surface area contributed by atoms with Crippen molar-refractivity contribution in [2.24, 2.45) is 0 Å². The van der Waals surface area contributed by atoms with E-state index in [0.29, 0.717) is 35.4 Å². The van der Waals surface area contributed by atoms with Gasteiger partial charge < -0.3 is 35.3 Å². The Morgan fingerprint density at radius 2 is 1.97 bits per heavy atom. The van der Waals surface area contributed by atoms with Crippen molar-refractivity contribution in [1.29, 1.82) is 0 Å². The number of nitrogens with one attached hydrogen (secondary N) is 3. The van der Waals surface area contributed by atoms with E-state index >= 15 is 0 Å². The number of phenols is 1. The van der Waals surface area contributed by atoms with Crippen LogP contribution in [0.4, 0.5) is 33.5 Å². The molecule has 4 rings (SSSR count). The Hall–Kier alpha value is -4.02. The van der Waals surface area contributed by atoms with Gasteiger partial charge in [-0.25, -0.2) is 14.4 Å². The highest BCUT2D eigenvalue weighted by molar-refractivity contribution is 5.66. The number of anilines is 5. The van der Waals surface area contributed by atoms with Crippen molar-refractivity contribution >= 4 is 29.1 Å². The first-order valence-electron chi connectivity index (χ1n) is 9.73. The molecule has 2 aromatic heterocycles. The lowest BCUT2D eigenvalue weighted by molar-refractivity contribution is 0.115. The van der Waals surface area contributed by atoms with Gasteiger partial charge in [-0.2, -0.15) is 4.98 Å². The standard InChI is InChI=1S/C21H23FN6O4/c1-21(2)10-24-19-14(32-21)5-6-16(27-19)26-18-12(22)9-23-20(28-18)25-11-7-13(29)17(31-4)15(8-11)30-3/h5-9,29H,10H2,1-4H3,(H3,23,24,25,26,27,28). The molecular weight excluding hydrogens is 419 g/mol. The minimum atomic E-state index is -0.657. The second-order valence-corrected chi connectivity index (χ2v) is 7.63. The predicted molar refractivity (Wildman–Crippen MR) is 117 cm³/mol. The van der Waals surface area contributed by atoms with Crippen molar-refractivity contribution in [3.05, 3.63) is 36.3 Å². The van der Waals surface area contributed by atoms with E-state index in [4.69, 9.17) is 14.2 Å². The van der Waals surface area contributed by atoms with Gasteiger partial charge in [0, 0.05) is 17.8 Å². The summed E-state index contributed by atoms with van der Waals surface area (Å²) in [6, 6.07) is 6.43. The van der Waals surface area contributed by atoms with Gasteiger partial charge in [0.25, 0.3) is 0 Å². The fraction of sp³-hybridized carbons (Fsp3) is 0.286. The van der Waals surface area contributed by atoms with E-state index < -0.39 is 5.82 Å². The zero-order chi connectivity index (χ0) is 22.9. The van der Waals surface area contributed by atoms with Crippen LogP contribution in [0.1, 0.15) is 13.8 Å². The van der Waals surface area contributed by atoms with Crippen LogP contribution in [-0.2, 0) is 0 Å². The first kappa shape index (κ1) is 21.2. The van der Waals surface area contributed by atoms with Gasteiger partial charge in [-0.15, -0.1) is 0 Å². The Labute approximate surface area is 183 Å². The lowest BCUT2D eigenvalue weighted by Crippen LogP contribution is -2.40. The molecule has 11 heteroatoms. The van der Waals surface area contributed by atoms with Gasteiger partial charge in [0.05, 0.1) is 27.0 Å². The average Bonchev–Trinajstić information content (AvgIpc) is 2.75. The van der Waals surface area contributed by atoms with Crippen LogP contribution in [0.5, 0.6) is 23.0 Å². The van der Waals surface area contributed by atoms with Crippen LogP contribution in [0, 0.1) is 5.82 Å². The summed E-state index contributed by atoms with van der Waals surface area (Å²) in [6.45, 7) is 4.53. The number of rotatable bonds is 6. The Kier molecular flexibility index (Phi) is 5.47. The number of aromatic hydroxyl groups is 1. The lowest BCUT2D eigenvalue weighted by atomic mass is 10.1. The maximum Gasteiger partial charge on any atom is 0.229 e. The van der Waals surface area contributed by atoms with Crippen LogP contribution in [0.2, 0.25) is 0 Å². The second kappa shape index (κ2) is 8.25. The maximum atomic E-state index is 14.4. The summed E-state index contributed by atoms with van der Waals surface area (Å²) in [6.07, 6.45) is 1.03. The summed E-state index contributed by atoms with van der Waals surface area (Å²) < 4.78 is 30.6. The molecule has 32 heavy (non-hydrogen) atoms. The number of pyridine rings is 1. The van der Waals surface area contributed by atoms with E-state index in [1.165, 1.54) is 20.3 Å². The van der Waals surface area contributed by atoms with Crippen molar-refractivity contribution in [2.45, 2.75) is 19.4 Å². The summed E-state index contributed by atoms with van der Waals surface area (Å²) in [4.78, 5) is 12.5. The van der Waals surface area contributed by atoms with Crippen molar-refractivity contribution in [1.82, 2.24) is 15.0 Å². The summed E-state index contributed by atoms with van der Waals surface area (Å²) >= 11 is 0. The third-order valence-corrected chi connectivity index (χ3v) is 4.63. The lowest BCUT2D eigenvalue weighted by Gasteiger charge is -2.32. The largest absolute Gasteiger partial charge is 0.504 e. The highest BCUT2D eigenvalue weighted by Crippen LogP contribution is 2.39. The van der Waals surface area contributed by atoms with Crippen molar-refractivity contribution in [2.75, 3.05) is 36.7 Å². The number of halogens is 1. The Morgan fingerprint density at radius 3 is 2.72 bits per heavy atom. The third kappa shape index (κ3) is 4.36. The molecule has 0 unspecified atom stereocenters. The Balaban J connectivity index is 1.56. The van der Waals surface area contributed by atoms with E-state index in [1.54, 1.807) is 18.2 Å². The fourth-order valence-electron chi connectivity index (χ4n) is 3.14. The number of ether oxygens (including phenoxy) is 3. The minimum Gasteiger partial charge on any atom is -0.504 e. The van der Waals surface area contributed by atoms with E-state index in [9.17, 15) is 9.50 Å². The topological polar surface area (TPSA) is 123 Å². The van der Waals surface area contributed by atoms with Crippen molar-refractivity contribution in [3.63, 3.8) is 0 Å². The molecule has 1 aromatic carbocycles. The molecule has 1 aliphatic heterocycles. The number of hydrogen-bond donors (Lipinski definition) is 4. The molecule has 0 bridgehead atoms. The van der Waals surface area contributed by atoms with Crippen LogP contribution in [0.15, 0.2) is 30.5 Å². The van der Waals surface area contributed by atoms with Crippen LogP contribution in [0.3, 0.4) is 0 Å². The molecule has 1 aliphatic rings. The smallest absolute Gasteiger partial charge is 0.229 e. The third-order valence-electron chi connectivity index (χ3n) is 4.63. The summed E-state index contributed by atoms with van der Waals surface area (Å²) in [5.74, 6) is 1.30. The number of phenolic OH excluding ortho intramolecular Hbond substituents is 1. The number of methoxy groups -OCH3 is 2. The molecule has 0 atom stereocenters. The maximum absolute atomic E-state index is 14.4. The highest BCUT2D eigenvalue weighted by atomic mass is 19.1. The van der Waals surface area contributed by atoms with Gasteiger partial charge >= 0.3 is 0 Å². The Morgan fingerprint density at radius 1 is 1.16 bits per heavy atom. The van der Waals surface area contributed by atoms with E-state index in [2.05, 4.69) is 30.9 Å². The average molecular weight is 442 g/mol. The van der Waals surface area contributed by atoms with Crippen LogP contribution < -0.4 is 30.2 Å². The highest BCUT2D eigenvalue weighted by Gasteiger charge is 2.27. The number of fused-ring (bicyclic) bond motifs is 1. The minimum absolute atomic E-state index is 0.0725. The summed E-state index contributed by atoms with van der Waals surface area (Å²) in [5, 5.41) is 19.1. The van der Waals surface area contributed by atoms with Crippen LogP contribution in [0.25, 0.3) is 0 Å². The Bertz CT molecular complexity index is 1160. The zero-order valence-corrected chi connectivity index (χ0v) is 18.0. The van der Waals surface area contributed by atoms with E-state index in [1.807, 2.05) is 13.8 Å². The van der Waals surface area contributed by atoms with Gasteiger partial charge in [-0.3, -0.25) is 0 Å². The molecule has 0 amide bonds. The molecule has 4 N–H and O–H groups in total. The molecule has 3 aromatic rings. The molecule has 10 nitrogen and oxygen atoms in total. The molecule has 3 heterocycles. The van der Waals surface area contributed by atoms with Gasteiger partial charge in [0.1, 0.15) is 11.4 Å². The molecular formula is C21H23FN6O4. The number of aromatic nitrogens is 3. The predicted octanol–water partition coefficient (Wildman–Crippen LogP) is 3.80.